The first kappa shape index (κ1) is 6.70. The Kier molecular flexibility index (Phi) is 2.03. The summed E-state index contributed by atoms with van der Waals surface area (Å²) in [5.41, 5.74) is 5.43. The second-order valence-corrected chi connectivity index (χ2v) is 2.32. The number of rotatable bonds is 1. The molecule has 1 heteroatoms. The van der Waals surface area contributed by atoms with Crippen molar-refractivity contribution in [1.29, 1.82) is 0 Å². The lowest BCUT2D eigenvalue weighted by Crippen LogP contribution is -2.28. The van der Waals surface area contributed by atoms with Gasteiger partial charge in [0.1, 0.15) is 0 Å². The minimum atomic E-state index is -0.130. The van der Waals surface area contributed by atoms with E-state index in [1.165, 1.54) is 0 Å². The summed E-state index contributed by atoms with van der Waals surface area (Å²) in [5.74, 6) is 0. The van der Waals surface area contributed by atoms with Gasteiger partial charge in [0, 0.05) is 5.54 Å². The summed E-state index contributed by atoms with van der Waals surface area (Å²) in [5, 5.41) is 0. The van der Waals surface area contributed by atoms with Crippen molar-refractivity contribution < 1.29 is 0 Å². The van der Waals surface area contributed by atoms with Gasteiger partial charge in [0.25, 0.3) is 0 Å². The molecule has 0 saturated heterocycles. The van der Waals surface area contributed by atoms with Gasteiger partial charge in [0.15, 0.2) is 0 Å². The Bertz CT molecular complexity index is 66.7. The van der Waals surface area contributed by atoms with Crippen molar-refractivity contribution >= 4 is 0 Å². The molecule has 0 unspecified atom stereocenters. The highest BCUT2D eigenvalue weighted by atomic mass is 14.7. The summed E-state index contributed by atoms with van der Waals surface area (Å²) >= 11 is 0. The van der Waals surface area contributed by atoms with Gasteiger partial charge in [-0.05, 0) is 20.8 Å². The van der Waals surface area contributed by atoms with Crippen LogP contribution < -0.4 is 5.73 Å². The van der Waals surface area contributed by atoms with Crippen LogP contribution in [0.5, 0.6) is 0 Å². The lowest BCUT2D eigenvalue weighted by Gasteiger charge is -2.10. The molecule has 42 valence electrons. The van der Waals surface area contributed by atoms with Crippen LogP contribution in [0.1, 0.15) is 20.8 Å². The molecular weight excluding hydrogens is 86.1 g/mol. The van der Waals surface area contributed by atoms with Gasteiger partial charge in [-0.3, -0.25) is 0 Å². The first-order valence-corrected chi connectivity index (χ1v) is 2.49. The Morgan fingerprint density at radius 2 is 1.86 bits per heavy atom. The Hall–Kier alpha value is -0.300. The SMILES string of the molecule is CC=CC(C)(C)N. The highest BCUT2D eigenvalue weighted by Gasteiger charge is 2.01. The zero-order valence-corrected chi connectivity index (χ0v) is 5.23. The van der Waals surface area contributed by atoms with Gasteiger partial charge in [-0.2, -0.15) is 0 Å². The van der Waals surface area contributed by atoms with Crippen LogP contribution in [0.15, 0.2) is 12.2 Å². The van der Waals surface area contributed by atoms with Crippen molar-refractivity contribution in [2.24, 2.45) is 5.73 Å². The normalized spacial score (nSPS) is 13.1. The fourth-order valence-corrected chi connectivity index (χ4v) is 0.430. The van der Waals surface area contributed by atoms with Crippen molar-refractivity contribution in [2.45, 2.75) is 26.3 Å². The molecule has 7 heavy (non-hydrogen) atoms. The standard InChI is InChI=1S/C6H13N/c1-4-5-6(2,3)7/h4-5H,7H2,1-3H3. The second kappa shape index (κ2) is 2.12. The van der Waals surface area contributed by atoms with E-state index in [1.54, 1.807) is 0 Å². The molecule has 0 spiro atoms. The van der Waals surface area contributed by atoms with Gasteiger partial charge in [-0.25, -0.2) is 0 Å². The van der Waals surface area contributed by atoms with E-state index < -0.39 is 0 Å². The Morgan fingerprint density at radius 1 is 1.43 bits per heavy atom. The molecule has 0 aromatic carbocycles. The highest BCUT2D eigenvalue weighted by Crippen LogP contribution is 1.96. The van der Waals surface area contributed by atoms with Crippen LogP contribution >= 0.6 is 0 Å². The molecule has 0 heterocycles. The van der Waals surface area contributed by atoms with E-state index in [2.05, 4.69) is 0 Å². The quantitative estimate of drug-likeness (QED) is 0.493. The van der Waals surface area contributed by atoms with Gasteiger partial charge >= 0.3 is 0 Å². The molecule has 0 bridgehead atoms. The first-order valence-electron chi connectivity index (χ1n) is 2.49. The average Bonchev–Trinajstić information content (AvgIpc) is 1.30. The van der Waals surface area contributed by atoms with Crippen molar-refractivity contribution in [1.82, 2.24) is 0 Å². The molecule has 0 radical (unpaired) electrons. The third kappa shape index (κ3) is 5.70. The minimum Gasteiger partial charge on any atom is -0.322 e. The number of hydrogen-bond acceptors (Lipinski definition) is 1. The van der Waals surface area contributed by atoms with Gasteiger partial charge < -0.3 is 5.73 Å². The fourth-order valence-electron chi connectivity index (χ4n) is 0.430. The predicted molar refractivity (Wildman–Crippen MR) is 33.1 cm³/mol. The molecular formula is C6H13N. The summed E-state index contributed by atoms with van der Waals surface area (Å²) in [7, 11) is 0. The van der Waals surface area contributed by atoms with Gasteiger partial charge in [-0.1, -0.05) is 12.2 Å². The van der Waals surface area contributed by atoms with Crippen molar-refractivity contribution in [2.75, 3.05) is 0 Å². The van der Waals surface area contributed by atoms with Crippen LogP contribution in [0.4, 0.5) is 0 Å². The molecule has 0 aromatic rings. The molecule has 0 aromatic heterocycles. The van der Waals surface area contributed by atoms with E-state index in [4.69, 9.17) is 5.73 Å². The van der Waals surface area contributed by atoms with Crippen molar-refractivity contribution in [3.05, 3.63) is 12.2 Å². The van der Waals surface area contributed by atoms with E-state index in [9.17, 15) is 0 Å². The van der Waals surface area contributed by atoms with Gasteiger partial charge in [-0.15, -0.1) is 0 Å². The molecule has 0 fully saturated rings. The molecule has 0 amide bonds. The van der Waals surface area contributed by atoms with E-state index >= 15 is 0 Å². The Morgan fingerprint density at radius 3 is 1.86 bits per heavy atom. The average molecular weight is 99.2 g/mol. The van der Waals surface area contributed by atoms with Gasteiger partial charge in [0.2, 0.25) is 0 Å². The molecule has 0 aliphatic heterocycles. The molecule has 0 saturated carbocycles. The van der Waals surface area contributed by atoms with Crippen LogP contribution in [-0.4, -0.2) is 5.54 Å². The molecule has 0 atom stereocenters. The van der Waals surface area contributed by atoms with E-state index in [-0.39, 0.29) is 5.54 Å². The Balaban J connectivity index is 3.56. The molecule has 1 nitrogen and oxygen atoms in total. The molecule has 2 N–H and O–H groups in total. The lowest BCUT2D eigenvalue weighted by atomic mass is 10.1. The summed E-state index contributed by atoms with van der Waals surface area (Å²) in [4.78, 5) is 0. The minimum absolute atomic E-state index is 0.130. The topological polar surface area (TPSA) is 26.0 Å². The first-order chi connectivity index (χ1) is 3.06. The lowest BCUT2D eigenvalue weighted by molar-refractivity contribution is 0.653. The highest BCUT2D eigenvalue weighted by molar-refractivity contribution is 4.96. The van der Waals surface area contributed by atoms with E-state index in [1.807, 2.05) is 32.9 Å². The summed E-state index contributed by atoms with van der Waals surface area (Å²) < 4.78 is 0. The fraction of sp³-hybridized carbons (Fsp3) is 0.667. The molecule has 0 aliphatic carbocycles. The maximum atomic E-state index is 5.56. The third-order valence-corrected chi connectivity index (χ3v) is 0.596. The maximum absolute atomic E-state index is 5.56. The maximum Gasteiger partial charge on any atom is 0.0281 e. The van der Waals surface area contributed by atoms with E-state index in [0.29, 0.717) is 0 Å². The van der Waals surface area contributed by atoms with Crippen LogP contribution in [-0.2, 0) is 0 Å². The summed E-state index contributed by atoms with van der Waals surface area (Å²) in [6.45, 7) is 5.90. The van der Waals surface area contributed by atoms with Crippen LogP contribution in [0.3, 0.4) is 0 Å². The Labute approximate surface area is 45.2 Å². The number of hydrogen-bond donors (Lipinski definition) is 1. The number of nitrogens with two attached hydrogens (primary N) is 1. The zero-order valence-electron chi connectivity index (χ0n) is 5.23. The van der Waals surface area contributed by atoms with Crippen LogP contribution in [0, 0.1) is 0 Å². The van der Waals surface area contributed by atoms with Crippen molar-refractivity contribution in [3.8, 4) is 0 Å². The summed E-state index contributed by atoms with van der Waals surface area (Å²) in [6.07, 6.45) is 3.92. The largest absolute Gasteiger partial charge is 0.322 e. The smallest absolute Gasteiger partial charge is 0.0281 e. The predicted octanol–water partition coefficient (Wildman–Crippen LogP) is 1.30. The zero-order chi connectivity index (χ0) is 5.91. The van der Waals surface area contributed by atoms with Crippen LogP contribution in [0.2, 0.25) is 0 Å². The number of allylic oxidation sites excluding steroid dienone is 1. The second-order valence-electron chi connectivity index (χ2n) is 2.32. The molecule has 0 aliphatic rings. The van der Waals surface area contributed by atoms with Gasteiger partial charge in [0.05, 0.1) is 0 Å². The van der Waals surface area contributed by atoms with Crippen molar-refractivity contribution in [3.63, 3.8) is 0 Å². The van der Waals surface area contributed by atoms with E-state index in [0.717, 1.165) is 0 Å². The summed E-state index contributed by atoms with van der Waals surface area (Å²) in [6, 6.07) is 0. The van der Waals surface area contributed by atoms with Crippen LogP contribution in [0.25, 0.3) is 0 Å². The third-order valence-electron chi connectivity index (χ3n) is 0.596. The monoisotopic (exact) mass is 99.1 g/mol. The molecule has 0 rings (SSSR count).